The van der Waals surface area contributed by atoms with Gasteiger partial charge >= 0.3 is 5.97 Å². The molecule has 1 heterocycles. The summed E-state index contributed by atoms with van der Waals surface area (Å²) in [7, 11) is 0. The molecule has 0 atom stereocenters. The van der Waals surface area contributed by atoms with Crippen molar-refractivity contribution in [3.8, 4) is 0 Å². The number of carboxylic acid groups (broad SMARTS) is 1. The molecule has 0 saturated carbocycles. The van der Waals surface area contributed by atoms with Gasteiger partial charge in [-0.05, 0) is 32.4 Å². The van der Waals surface area contributed by atoms with Crippen molar-refractivity contribution in [3.63, 3.8) is 0 Å². The van der Waals surface area contributed by atoms with E-state index in [1.807, 2.05) is 49.7 Å². The van der Waals surface area contributed by atoms with Gasteiger partial charge in [0.15, 0.2) is 0 Å². The Balaban J connectivity index is 2.88. The van der Waals surface area contributed by atoms with Gasteiger partial charge in [0.2, 0.25) is 0 Å². The number of hydrogen-bond acceptors (Lipinski definition) is 1. The number of benzene rings is 1. The lowest BCUT2D eigenvalue weighted by Gasteiger charge is -2.12. The number of carboxylic acids is 1. The van der Waals surface area contributed by atoms with Crippen LogP contribution in [0.1, 0.15) is 35.8 Å². The summed E-state index contributed by atoms with van der Waals surface area (Å²) in [5.74, 6) is -0.858. The molecule has 84 valence electrons. The Morgan fingerprint density at radius 1 is 1.31 bits per heavy atom. The highest BCUT2D eigenvalue weighted by Crippen LogP contribution is 2.26. The van der Waals surface area contributed by atoms with Crippen LogP contribution in [0.15, 0.2) is 24.4 Å². The number of nitrogens with zero attached hydrogens (tertiary/aromatic N) is 1. The third kappa shape index (κ3) is 1.48. The fraction of sp³-hybridized carbons (Fsp3) is 0.308. The fourth-order valence-electron chi connectivity index (χ4n) is 2.06. The second kappa shape index (κ2) is 3.67. The minimum absolute atomic E-state index is 0.261. The molecule has 1 aromatic heterocycles. The van der Waals surface area contributed by atoms with Gasteiger partial charge in [-0.25, -0.2) is 4.79 Å². The van der Waals surface area contributed by atoms with Gasteiger partial charge in [-0.3, -0.25) is 0 Å². The predicted octanol–water partition coefficient (Wildman–Crippen LogP) is 3.23. The van der Waals surface area contributed by atoms with Gasteiger partial charge in [0.25, 0.3) is 0 Å². The fourth-order valence-corrected chi connectivity index (χ4v) is 2.06. The maximum absolute atomic E-state index is 11.3. The minimum atomic E-state index is -0.858. The molecule has 0 aliphatic heterocycles. The smallest absolute Gasteiger partial charge is 0.338 e. The molecule has 0 aliphatic carbocycles. The highest BCUT2D eigenvalue weighted by Gasteiger charge is 2.16. The first kappa shape index (κ1) is 10.7. The minimum Gasteiger partial charge on any atom is -0.478 e. The Kier molecular flexibility index (Phi) is 2.46. The van der Waals surface area contributed by atoms with Crippen LogP contribution in [0.3, 0.4) is 0 Å². The van der Waals surface area contributed by atoms with Crippen LogP contribution in [-0.4, -0.2) is 15.6 Å². The molecular formula is C13H15NO2. The molecule has 2 rings (SSSR count). The van der Waals surface area contributed by atoms with E-state index in [0.29, 0.717) is 5.56 Å². The number of rotatable bonds is 2. The van der Waals surface area contributed by atoms with Gasteiger partial charge < -0.3 is 9.67 Å². The van der Waals surface area contributed by atoms with Crippen molar-refractivity contribution >= 4 is 16.9 Å². The molecule has 0 saturated heterocycles. The van der Waals surface area contributed by atoms with E-state index in [1.54, 1.807) is 0 Å². The molecule has 0 fully saturated rings. The first-order valence-corrected chi connectivity index (χ1v) is 5.36. The quantitative estimate of drug-likeness (QED) is 0.839. The average Bonchev–Trinajstić information content (AvgIpc) is 2.60. The molecule has 2 aromatic rings. The maximum atomic E-state index is 11.3. The van der Waals surface area contributed by atoms with Crippen molar-refractivity contribution in [2.45, 2.75) is 26.8 Å². The van der Waals surface area contributed by atoms with E-state index >= 15 is 0 Å². The molecule has 0 aliphatic rings. The molecule has 0 bridgehead atoms. The van der Waals surface area contributed by atoms with E-state index in [9.17, 15) is 9.90 Å². The van der Waals surface area contributed by atoms with Gasteiger partial charge in [-0.15, -0.1) is 0 Å². The first-order valence-electron chi connectivity index (χ1n) is 5.36. The van der Waals surface area contributed by atoms with Crippen LogP contribution in [-0.2, 0) is 0 Å². The molecule has 3 nitrogen and oxygen atoms in total. The second-order valence-electron chi connectivity index (χ2n) is 4.32. The molecule has 0 spiro atoms. The Labute approximate surface area is 94.3 Å². The van der Waals surface area contributed by atoms with Crippen LogP contribution < -0.4 is 0 Å². The number of fused-ring (bicyclic) bond motifs is 1. The third-order valence-corrected chi connectivity index (χ3v) is 2.86. The summed E-state index contributed by atoms with van der Waals surface area (Å²) in [5.41, 5.74) is 2.04. The molecule has 1 aromatic carbocycles. The monoisotopic (exact) mass is 217 g/mol. The van der Waals surface area contributed by atoms with Crippen LogP contribution in [0.4, 0.5) is 0 Å². The summed E-state index contributed by atoms with van der Waals surface area (Å²) >= 11 is 0. The molecule has 0 amide bonds. The summed E-state index contributed by atoms with van der Waals surface area (Å²) in [6.07, 6.45) is 1.95. The standard InChI is InChI=1S/C13H15NO2/c1-8(2)14-7-6-10-5-4-9(3)11(12(10)14)13(15)16/h4-8H,1-3H3,(H,15,16). The lowest BCUT2D eigenvalue weighted by atomic mass is 10.1. The zero-order valence-electron chi connectivity index (χ0n) is 9.69. The van der Waals surface area contributed by atoms with Gasteiger partial charge in [-0.1, -0.05) is 12.1 Å². The summed E-state index contributed by atoms with van der Waals surface area (Å²) < 4.78 is 2.01. The number of aryl methyl sites for hydroxylation is 1. The normalized spacial score (nSPS) is 11.2. The summed E-state index contributed by atoms with van der Waals surface area (Å²) in [6, 6.07) is 6.05. The SMILES string of the molecule is Cc1ccc2ccn(C(C)C)c2c1C(=O)O. The van der Waals surface area contributed by atoms with Crippen LogP contribution in [0, 0.1) is 6.92 Å². The van der Waals surface area contributed by atoms with E-state index < -0.39 is 5.97 Å². The van der Waals surface area contributed by atoms with Crippen LogP contribution in [0.25, 0.3) is 10.9 Å². The number of carbonyl (C=O) groups is 1. The van der Waals surface area contributed by atoms with Crippen LogP contribution in [0.2, 0.25) is 0 Å². The van der Waals surface area contributed by atoms with E-state index in [-0.39, 0.29) is 6.04 Å². The molecule has 1 N–H and O–H groups in total. The molecule has 3 heteroatoms. The average molecular weight is 217 g/mol. The van der Waals surface area contributed by atoms with E-state index in [1.165, 1.54) is 0 Å². The highest BCUT2D eigenvalue weighted by atomic mass is 16.4. The van der Waals surface area contributed by atoms with Gasteiger partial charge in [-0.2, -0.15) is 0 Å². The predicted molar refractivity (Wildman–Crippen MR) is 64.0 cm³/mol. The number of hydrogen-bond donors (Lipinski definition) is 1. The zero-order chi connectivity index (χ0) is 11.9. The van der Waals surface area contributed by atoms with E-state index in [4.69, 9.17) is 0 Å². The van der Waals surface area contributed by atoms with Crippen molar-refractivity contribution in [1.29, 1.82) is 0 Å². The molecule has 0 unspecified atom stereocenters. The van der Waals surface area contributed by atoms with Crippen molar-refractivity contribution < 1.29 is 9.90 Å². The second-order valence-corrected chi connectivity index (χ2v) is 4.32. The molecular weight excluding hydrogens is 202 g/mol. The summed E-state index contributed by atoms with van der Waals surface area (Å²) in [6.45, 7) is 5.93. The van der Waals surface area contributed by atoms with Crippen molar-refractivity contribution in [2.75, 3.05) is 0 Å². The van der Waals surface area contributed by atoms with E-state index in [0.717, 1.165) is 16.5 Å². The van der Waals surface area contributed by atoms with Crippen LogP contribution >= 0.6 is 0 Å². The molecule has 0 radical (unpaired) electrons. The number of aromatic carboxylic acids is 1. The lowest BCUT2D eigenvalue weighted by Crippen LogP contribution is -2.06. The summed E-state index contributed by atoms with van der Waals surface area (Å²) in [4.78, 5) is 11.3. The third-order valence-electron chi connectivity index (χ3n) is 2.86. The topological polar surface area (TPSA) is 42.2 Å². The van der Waals surface area contributed by atoms with Crippen molar-refractivity contribution in [3.05, 3.63) is 35.5 Å². The van der Waals surface area contributed by atoms with Gasteiger partial charge in [0.05, 0.1) is 11.1 Å². The largest absolute Gasteiger partial charge is 0.478 e. The Morgan fingerprint density at radius 2 is 2.00 bits per heavy atom. The Morgan fingerprint density at radius 3 is 2.56 bits per heavy atom. The van der Waals surface area contributed by atoms with Crippen molar-refractivity contribution in [1.82, 2.24) is 4.57 Å². The van der Waals surface area contributed by atoms with E-state index in [2.05, 4.69) is 0 Å². The van der Waals surface area contributed by atoms with Gasteiger partial charge in [0, 0.05) is 17.6 Å². The van der Waals surface area contributed by atoms with Crippen LogP contribution in [0.5, 0.6) is 0 Å². The Bertz CT molecular complexity index is 552. The van der Waals surface area contributed by atoms with Gasteiger partial charge in [0.1, 0.15) is 0 Å². The zero-order valence-corrected chi connectivity index (χ0v) is 9.69. The highest BCUT2D eigenvalue weighted by molar-refractivity contribution is 6.03. The first-order chi connectivity index (χ1) is 7.52. The van der Waals surface area contributed by atoms with Crippen molar-refractivity contribution in [2.24, 2.45) is 0 Å². The maximum Gasteiger partial charge on any atom is 0.338 e. The Hall–Kier alpha value is -1.77. The molecule has 16 heavy (non-hydrogen) atoms. The summed E-state index contributed by atoms with van der Waals surface area (Å²) in [5, 5.41) is 10.3. The number of aromatic nitrogens is 1. The lowest BCUT2D eigenvalue weighted by molar-refractivity contribution is 0.0698.